The second-order valence-corrected chi connectivity index (χ2v) is 2.72. The number of rotatable bonds is 3. The Balaban J connectivity index is 2.34. The maximum atomic E-state index is 11.1. The van der Waals surface area contributed by atoms with E-state index < -0.39 is 5.97 Å². The van der Waals surface area contributed by atoms with Gasteiger partial charge in [-0.1, -0.05) is 0 Å². The van der Waals surface area contributed by atoms with E-state index >= 15 is 0 Å². The largest absolute Gasteiger partial charge is 0.480 e. The van der Waals surface area contributed by atoms with Crippen LogP contribution in [0, 0.1) is 18.3 Å². The fourth-order valence-electron chi connectivity index (χ4n) is 1.18. The van der Waals surface area contributed by atoms with Gasteiger partial charge in [0.1, 0.15) is 6.54 Å². The zero-order valence-corrected chi connectivity index (χ0v) is 6.49. The van der Waals surface area contributed by atoms with Crippen LogP contribution in [0.1, 0.15) is 6.42 Å². The minimum absolute atomic E-state index is 0.143. The van der Waals surface area contributed by atoms with Crippen LogP contribution in [-0.4, -0.2) is 35.0 Å². The van der Waals surface area contributed by atoms with Crippen molar-refractivity contribution in [3.05, 3.63) is 0 Å². The van der Waals surface area contributed by atoms with Crippen LogP contribution >= 0.6 is 0 Å². The molecule has 0 aromatic heterocycles. The monoisotopic (exact) mass is 167 g/mol. The zero-order chi connectivity index (χ0) is 9.14. The maximum Gasteiger partial charge on any atom is 0.323 e. The molecule has 1 N–H and O–H groups in total. The number of carbonyl (C=O) groups is 2. The Bertz CT molecular complexity index is 254. The highest BCUT2D eigenvalue weighted by Crippen LogP contribution is 2.19. The van der Waals surface area contributed by atoms with Crippen LogP contribution in [0.4, 0.5) is 0 Å². The number of likely N-dealkylation sites (tertiary alicyclic amines) is 1. The van der Waals surface area contributed by atoms with Crippen LogP contribution in [0.15, 0.2) is 0 Å². The molecule has 0 aliphatic carbocycles. The molecule has 1 amide bonds. The number of carbonyl (C=O) groups excluding carboxylic acids is 1. The number of hydrogen-bond donors (Lipinski definition) is 1. The van der Waals surface area contributed by atoms with Crippen LogP contribution < -0.4 is 0 Å². The summed E-state index contributed by atoms with van der Waals surface area (Å²) in [7, 11) is 0. The number of carboxylic acids is 1. The van der Waals surface area contributed by atoms with Crippen molar-refractivity contribution < 1.29 is 14.7 Å². The van der Waals surface area contributed by atoms with Crippen LogP contribution in [0.25, 0.3) is 0 Å². The molecule has 0 radical (unpaired) electrons. The first-order valence-electron chi connectivity index (χ1n) is 3.59. The lowest BCUT2D eigenvalue weighted by Gasteiger charge is -2.36. The molecule has 1 aliphatic heterocycles. The molecule has 1 atom stereocenters. The first-order valence-corrected chi connectivity index (χ1v) is 3.59. The summed E-state index contributed by atoms with van der Waals surface area (Å²) in [5, 5.41) is 8.35. The molecule has 0 saturated carbocycles. The van der Waals surface area contributed by atoms with Gasteiger partial charge in [0.25, 0.3) is 0 Å². The summed E-state index contributed by atoms with van der Waals surface area (Å²) in [5.41, 5.74) is 0. The molecule has 1 heterocycles. The van der Waals surface area contributed by atoms with Gasteiger partial charge in [-0.15, -0.1) is 12.3 Å². The first kappa shape index (κ1) is 8.60. The summed E-state index contributed by atoms with van der Waals surface area (Å²) in [6.45, 7) is 0.273. The molecule has 4 heteroatoms. The van der Waals surface area contributed by atoms with E-state index in [2.05, 4.69) is 5.92 Å². The molecule has 1 aliphatic rings. The zero-order valence-electron chi connectivity index (χ0n) is 6.49. The lowest BCUT2D eigenvalue weighted by Crippen LogP contribution is -2.53. The van der Waals surface area contributed by atoms with Gasteiger partial charge in [0.2, 0.25) is 5.91 Å². The van der Waals surface area contributed by atoms with E-state index in [0.29, 0.717) is 13.0 Å². The average Bonchev–Trinajstić information content (AvgIpc) is 2.02. The molecule has 1 unspecified atom stereocenters. The minimum atomic E-state index is -0.984. The van der Waals surface area contributed by atoms with Crippen molar-refractivity contribution in [1.82, 2.24) is 4.90 Å². The molecular weight excluding hydrogens is 158 g/mol. The Morgan fingerprint density at radius 2 is 2.50 bits per heavy atom. The molecule has 0 bridgehead atoms. The summed E-state index contributed by atoms with van der Waals surface area (Å²) in [6.07, 6.45) is 5.42. The van der Waals surface area contributed by atoms with Gasteiger partial charge >= 0.3 is 5.97 Å². The van der Waals surface area contributed by atoms with Gasteiger partial charge in [-0.25, -0.2) is 0 Å². The van der Waals surface area contributed by atoms with Gasteiger partial charge in [-0.2, -0.15) is 0 Å². The number of terminal acetylenes is 1. The predicted octanol–water partition coefficient (Wildman–Crippen LogP) is -0.447. The molecule has 1 rings (SSSR count). The van der Waals surface area contributed by atoms with Crippen LogP contribution in [-0.2, 0) is 9.59 Å². The SMILES string of the molecule is C#CCC1CN(CC(=O)O)C1=O. The molecule has 12 heavy (non-hydrogen) atoms. The molecule has 4 nitrogen and oxygen atoms in total. The quantitative estimate of drug-likeness (QED) is 0.457. The van der Waals surface area contributed by atoms with Crippen LogP contribution in [0.5, 0.6) is 0 Å². The topological polar surface area (TPSA) is 57.6 Å². The van der Waals surface area contributed by atoms with E-state index in [-0.39, 0.29) is 18.4 Å². The molecule has 0 aromatic carbocycles. The molecular formula is C8H9NO3. The molecule has 0 spiro atoms. The highest BCUT2D eigenvalue weighted by molar-refractivity contribution is 5.88. The molecule has 1 fully saturated rings. The Labute approximate surface area is 70.2 Å². The highest BCUT2D eigenvalue weighted by Gasteiger charge is 2.36. The smallest absolute Gasteiger partial charge is 0.323 e. The summed E-state index contributed by atoms with van der Waals surface area (Å²) < 4.78 is 0. The van der Waals surface area contributed by atoms with Gasteiger partial charge in [-0.05, 0) is 0 Å². The molecule has 0 aromatic rings. The average molecular weight is 167 g/mol. The Hall–Kier alpha value is -1.50. The van der Waals surface area contributed by atoms with Crippen molar-refractivity contribution in [3.63, 3.8) is 0 Å². The molecule has 64 valence electrons. The number of hydrogen-bond acceptors (Lipinski definition) is 2. The van der Waals surface area contributed by atoms with Gasteiger partial charge in [0.15, 0.2) is 0 Å². The Morgan fingerprint density at radius 3 is 2.92 bits per heavy atom. The minimum Gasteiger partial charge on any atom is -0.480 e. The number of amides is 1. The van der Waals surface area contributed by atoms with Crippen molar-refractivity contribution in [2.45, 2.75) is 6.42 Å². The molecule has 1 saturated heterocycles. The second-order valence-electron chi connectivity index (χ2n) is 2.72. The van der Waals surface area contributed by atoms with Crippen molar-refractivity contribution in [1.29, 1.82) is 0 Å². The van der Waals surface area contributed by atoms with Crippen LogP contribution in [0.3, 0.4) is 0 Å². The first-order chi connectivity index (χ1) is 5.65. The van der Waals surface area contributed by atoms with Gasteiger partial charge in [0.05, 0.1) is 5.92 Å². The number of β-lactam (4-membered cyclic amide) rings is 1. The summed E-state index contributed by atoms with van der Waals surface area (Å²) in [6, 6.07) is 0. The summed E-state index contributed by atoms with van der Waals surface area (Å²) >= 11 is 0. The third-order valence-corrected chi connectivity index (χ3v) is 1.79. The van der Waals surface area contributed by atoms with Gasteiger partial charge in [0, 0.05) is 13.0 Å². The Morgan fingerprint density at radius 1 is 1.83 bits per heavy atom. The van der Waals surface area contributed by atoms with E-state index in [1.54, 1.807) is 0 Å². The second kappa shape index (κ2) is 3.26. The van der Waals surface area contributed by atoms with E-state index in [1.807, 2.05) is 0 Å². The third kappa shape index (κ3) is 1.56. The number of aliphatic carboxylic acids is 1. The highest BCUT2D eigenvalue weighted by atomic mass is 16.4. The summed E-state index contributed by atoms with van der Waals surface area (Å²) in [5.74, 6) is 1.11. The third-order valence-electron chi connectivity index (χ3n) is 1.79. The van der Waals surface area contributed by atoms with Crippen LogP contribution in [0.2, 0.25) is 0 Å². The van der Waals surface area contributed by atoms with E-state index in [9.17, 15) is 9.59 Å². The van der Waals surface area contributed by atoms with Gasteiger partial charge in [-0.3, -0.25) is 9.59 Å². The van der Waals surface area contributed by atoms with Crippen molar-refractivity contribution >= 4 is 11.9 Å². The van der Waals surface area contributed by atoms with Gasteiger partial charge < -0.3 is 10.0 Å². The summed E-state index contributed by atoms with van der Waals surface area (Å²) in [4.78, 5) is 22.5. The van der Waals surface area contributed by atoms with E-state index in [1.165, 1.54) is 4.90 Å². The maximum absolute atomic E-state index is 11.1. The van der Waals surface area contributed by atoms with Crippen molar-refractivity contribution in [3.8, 4) is 12.3 Å². The van der Waals surface area contributed by atoms with E-state index in [0.717, 1.165) is 0 Å². The predicted molar refractivity (Wildman–Crippen MR) is 41.2 cm³/mol. The van der Waals surface area contributed by atoms with Crippen molar-refractivity contribution in [2.24, 2.45) is 5.92 Å². The Kier molecular flexibility index (Phi) is 2.34. The number of nitrogens with zero attached hydrogens (tertiary/aromatic N) is 1. The lowest BCUT2D eigenvalue weighted by atomic mass is 9.95. The fourth-order valence-corrected chi connectivity index (χ4v) is 1.18. The van der Waals surface area contributed by atoms with E-state index in [4.69, 9.17) is 11.5 Å². The van der Waals surface area contributed by atoms with Crippen molar-refractivity contribution in [2.75, 3.05) is 13.1 Å². The normalized spacial score (nSPS) is 21.4. The standard InChI is InChI=1S/C8H9NO3/c1-2-3-6-4-9(8(6)12)5-7(10)11/h1,6H,3-5H2,(H,10,11). The fraction of sp³-hybridized carbons (Fsp3) is 0.500. The lowest BCUT2D eigenvalue weighted by molar-refractivity contribution is -0.155. The number of carboxylic acid groups (broad SMARTS) is 1.